The van der Waals surface area contributed by atoms with Crippen LogP contribution in [0.4, 0.5) is 0 Å². The van der Waals surface area contributed by atoms with Gasteiger partial charge in [-0.15, -0.1) is 0 Å². The first kappa shape index (κ1) is 11.9. The van der Waals surface area contributed by atoms with Crippen molar-refractivity contribution >= 4 is 0 Å². The Balaban J connectivity index is 1.79. The quantitative estimate of drug-likeness (QED) is 0.531. The molecule has 2 aromatic heterocycles. The van der Waals surface area contributed by atoms with Crippen LogP contribution in [0.25, 0.3) is 0 Å². The monoisotopic (exact) mass is 233 g/mol. The van der Waals surface area contributed by atoms with Crippen molar-refractivity contribution in [1.82, 2.24) is 14.3 Å². The minimum atomic E-state index is 0.787. The molecule has 92 valence electrons. The van der Waals surface area contributed by atoms with Crippen LogP contribution in [0.1, 0.15) is 32.6 Å². The van der Waals surface area contributed by atoms with Crippen LogP contribution in [-0.4, -0.2) is 14.3 Å². The smallest absolute Gasteiger partial charge is 0.237 e. The molecule has 2 heterocycles. The maximum atomic E-state index is 4.19. The number of unbranched alkanes of at least 4 members (excludes halogenated alkanes) is 3. The van der Waals surface area contributed by atoms with Crippen molar-refractivity contribution in [2.45, 2.75) is 45.8 Å². The van der Waals surface area contributed by atoms with E-state index in [0.29, 0.717) is 0 Å². The number of aryl methyl sites for hydroxylation is 1. The largest absolute Gasteiger partial charge is 0.245 e. The molecule has 0 N–H and O–H groups in total. The van der Waals surface area contributed by atoms with E-state index in [4.69, 9.17) is 0 Å². The summed E-state index contributed by atoms with van der Waals surface area (Å²) in [7, 11) is 0. The molecular weight excluding hydrogens is 212 g/mol. The molecule has 0 fully saturated rings. The van der Waals surface area contributed by atoms with Crippen LogP contribution in [0.15, 0.2) is 37.2 Å². The first-order valence-electron chi connectivity index (χ1n) is 6.40. The van der Waals surface area contributed by atoms with Gasteiger partial charge in [-0.25, -0.2) is 13.8 Å². The predicted octanol–water partition coefficient (Wildman–Crippen LogP) is 2.06. The Hall–Kier alpha value is -1.58. The minimum Gasteiger partial charge on any atom is -0.237 e. The van der Waals surface area contributed by atoms with Gasteiger partial charge in [0.2, 0.25) is 6.33 Å². The van der Waals surface area contributed by atoms with Crippen LogP contribution in [0.3, 0.4) is 0 Å². The molecule has 0 unspecified atom stereocenters. The van der Waals surface area contributed by atoms with E-state index < -0.39 is 0 Å². The van der Waals surface area contributed by atoms with Crippen molar-refractivity contribution < 1.29 is 4.57 Å². The number of nitrogens with zero attached hydrogens (tertiary/aromatic N) is 4. The number of hydrogen-bond donors (Lipinski definition) is 0. The Morgan fingerprint density at radius 3 is 2.88 bits per heavy atom. The van der Waals surface area contributed by atoms with Crippen LogP contribution >= 0.6 is 0 Å². The minimum absolute atomic E-state index is 0.787. The zero-order valence-electron chi connectivity index (χ0n) is 10.5. The van der Waals surface area contributed by atoms with Crippen LogP contribution in [0.5, 0.6) is 0 Å². The van der Waals surface area contributed by atoms with E-state index in [2.05, 4.69) is 39.9 Å². The van der Waals surface area contributed by atoms with Crippen LogP contribution in [0.2, 0.25) is 0 Å². The fourth-order valence-corrected chi connectivity index (χ4v) is 1.93. The standard InChI is InChI=1S/C13H21N4/c1-2-3-4-5-8-15-10-11-16(12-15)13-17-9-6-7-14-17/h6-7,9-12H,2-5,8,13H2,1H3/q+1. The van der Waals surface area contributed by atoms with E-state index in [1.807, 2.05) is 23.1 Å². The van der Waals surface area contributed by atoms with Gasteiger partial charge in [-0.1, -0.05) is 19.8 Å². The number of hydrogen-bond acceptors (Lipinski definition) is 1. The first-order valence-corrected chi connectivity index (χ1v) is 6.40. The molecular formula is C13H21N4+. The molecule has 4 nitrogen and oxygen atoms in total. The normalized spacial score (nSPS) is 10.9. The summed E-state index contributed by atoms with van der Waals surface area (Å²) >= 11 is 0. The molecule has 0 bridgehead atoms. The molecule has 0 aromatic carbocycles. The summed E-state index contributed by atoms with van der Waals surface area (Å²) in [6.45, 7) is 4.15. The maximum absolute atomic E-state index is 4.19. The van der Waals surface area contributed by atoms with Gasteiger partial charge < -0.3 is 0 Å². The molecule has 0 radical (unpaired) electrons. The van der Waals surface area contributed by atoms with E-state index in [9.17, 15) is 0 Å². The van der Waals surface area contributed by atoms with E-state index in [0.717, 1.165) is 13.2 Å². The van der Waals surface area contributed by atoms with Gasteiger partial charge in [0.25, 0.3) is 0 Å². The van der Waals surface area contributed by atoms with Gasteiger partial charge in [0.15, 0.2) is 6.67 Å². The third kappa shape index (κ3) is 3.73. The molecule has 4 heteroatoms. The van der Waals surface area contributed by atoms with Crippen molar-refractivity contribution in [3.05, 3.63) is 37.2 Å². The van der Waals surface area contributed by atoms with Gasteiger partial charge in [-0.3, -0.25) is 0 Å². The van der Waals surface area contributed by atoms with E-state index in [1.165, 1.54) is 25.7 Å². The van der Waals surface area contributed by atoms with Crippen LogP contribution in [0, 0.1) is 0 Å². The van der Waals surface area contributed by atoms with Crippen molar-refractivity contribution in [1.29, 1.82) is 0 Å². The second kappa shape index (κ2) is 6.23. The van der Waals surface area contributed by atoms with E-state index >= 15 is 0 Å². The zero-order valence-corrected chi connectivity index (χ0v) is 10.5. The van der Waals surface area contributed by atoms with Gasteiger partial charge >= 0.3 is 0 Å². The van der Waals surface area contributed by atoms with Gasteiger partial charge in [0, 0.05) is 12.4 Å². The third-order valence-electron chi connectivity index (χ3n) is 2.88. The van der Waals surface area contributed by atoms with Crippen LogP contribution < -0.4 is 4.57 Å². The van der Waals surface area contributed by atoms with Crippen LogP contribution in [-0.2, 0) is 13.2 Å². The zero-order chi connectivity index (χ0) is 11.9. The Kier molecular flexibility index (Phi) is 4.36. The van der Waals surface area contributed by atoms with Crippen molar-refractivity contribution in [2.24, 2.45) is 0 Å². The number of aromatic nitrogens is 4. The highest BCUT2D eigenvalue weighted by Gasteiger charge is 2.03. The lowest BCUT2D eigenvalue weighted by atomic mass is 10.2. The van der Waals surface area contributed by atoms with Crippen molar-refractivity contribution in [3.8, 4) is 0 Å². The summed E-state index contributed by atoms with van der Waals surface area (Å²) in [5.41, 5.74) is 0. The summed E-state index contributed by atoms with van der Waals surface area (Å²) in [5, 5.41) is 4.19. The summed E-state index contributed by atoms with van der Waals surface area (Å²) < 4.78 is 6.31. The summed E-state index contributed by atoms with van der Waals surface area (Å²) in [6, 6.07) is 1.95. The van der Waals surface area contributed by atoms with Gasteiger partial charge in [0.1, 0.15) is 12.4 Å². The molecule has 0 atom stereocenters. The van der Waals surface area contributed by atoms with Gasteiger partial charge in [-0.05, 0) is 18.9 Å². The Labute approximate surface area is 102 Å². The second-order valence-electron chi connectivity index (χ2n) is 4.41. The topological polar surface area (TPSA) is 26.6 Å². The molecule has 0 aliphatic rings. The molecule has 0 saturated heterocycles. The van der Waals surface area contributed by atoms with E-state index in [-0.39, 0.29) is 0 Å². The Bertz CT molecular complexity index is 416. The molecule has 0 saturated carbocycles. The average Bonchev–Trinajstić information content (AvgIpc) is 2.97. The molecule has 0 aliphatic heterocycles. The molecule has 17 heavy (non-hydrogen) atoms. The summed E-state index contributed by atoms with van der Waals surface area (Å²) in [5.74, 6) is 0. The fourth-order valence-electron chi connectivity index (χ4n) is 1.93. The summed E-state index contributed by atoms with van der Waals surface area (Å²) in [4.78, 5) is 0. The summed E-state index contributed by atoms with van der Waals surface area (Å²) in [6.07, 6.45) is 15.4. The highest BCUT2D eigenvalue weighted by atomic mass is 15.3. The lowest BCUT2D eigenvalue weighted by Gasteiger charge is -1.97. The van der Waals surface area contributed by atoms with Gasteiger partial charge in [-0.2, -0.15) is 5.10 Å². The maximum Gasteiger partial charge on any atom is 0.245 e. The Morgan fingerprint density at radius 2 is 2.12 bits per heavy atom. The predicted molar refractivity (Wildman–Crippen MR) is 66.4 cm³/mol. The highest BCUT2D eigenvalue weighted by Crippen LogP contribution is 2.00. The molecule has 0 amide bonds. The average molecular weight is 233 g/mol. The molecule has 0 spiro atoms. The number of rotatable bonds is 7. The molecule has 2 aromatic rings. The second-order valence-corrected chi connectivity index (χ2v) is 4.41. The Morgan fingerprint density at radius 1 is 1.18 bits per heavy atom. The first-order chi connectivity index (χ1) is 8.38. The number of imidazole rings is 1. The van der Waals surface area contributed by atoms with Gasteiger partial charge in [0.05, 0.1) is 6.54 Å². The van der Waals surface area contributed by atoms with Crippen molar-refractivity contribution in [2.75, 3.05) is 0 Å². The third-order valence-corrected chi connectivity index (χ3v) is 2.88. The highest BCUT2D eigenvalue weighted by molar-refractivity contribution is 4.76. The SMILES string of the molecule is CCCCCCn1cc[n+](Cn2cccn2)c1. The molecule has 0 aliphatic carbocycles. The van der Waals surface area contributed by atoms with Crippen molar-refractivity contribution in [3.63, 3.8) is 0 Å². The fraction of sp³-hybridized carbons (Fsp3) is 0.538. The lowest BCUT2D eigenvalue weighted by Crippen LogP contribution is -2.35. The molecule has 2 rings (SSSR count). The van der Waals surface area contributed by atoms with E-state index in [1.54, 1.807) is 0 Å². The lowest BCUT2D eigenvalue weighted by molar-refractivity contribution is -0.702.